The van der Waals surface area contributed by atoms with Crippen LogP contribution in [0.5, 0.6) is 0 Å². The molecular formula is C18H27N. The molecule has 1 nitrogen and oxygen atoms in total. The lowest BCUT2D eigenvalue weighted by Gasteiger charge is -2.33. The van der Waals surface area contributed by atoms with E-state index < -0.39 is 0 Å². The Kier molecular flexibility index (Phi) is 5.41. The van der Waals surface area contributed by atoms with Crippen molar-refractivity contribution in [2.75, 3.05) is 6.54 Å². The second kappa shape index (κ2) is 6.60. The molecule has 0 aliphatic rings. The van der Waals surface area contributed by atoms with Gasteiger partial charge in [0.05, 0.1) is 0 Å². The quantitative estimate of drug-likeness (QED) is 0.652. The summed E-state index contributed by atoms with van der Waals surface area (Å²) in [4.78, 5) is 2.36. The van der Waals surface area contributed by atoms with Crippen LogP contribution in [0.25, 0.3) is 5.70 Å². The van der Waals surface area contributed by atoms with Crippen LogP contribution in [-0.2, 0) is 0 Å². The molecule has 0 amide bonds. The molecule has 0 fully saturated rings. The SMILES string of the molecule is C=C(C)C(C)N(CCC)C(=C)c1cc(C)cc(C)c1. The highest BCUT2D eigenvalue weighted by Gasteiger charge is 2.16. The molecule has 104 valence electrons. The minimum Gasteiger partial charge on any atom is -0.365 e. The number of rotatable bonds is 6. The van der Waals surface area contributed by atoms with E-state index in [9.17, 15) is 0 Å². The molecule has 0 aliphatic heterocycles. The summed E-state index contributed by atoms with van der Waals surface area (Å²) in [7, 11) is 0. The van der Waals surface area contributed by atoms with Crippen LogP contribution in [0.4, 0.5) is 0 Å². The third-order valence-electron chi connectivity index (χ3n) is 3.55. The maximum atomic E-state index is 4.31. The lowest BCUT2D eigenvalue weighted by molar-refractivity contribution is 0.345. The van der Waals surface area contributed by atoms with Crippen molar-refractivity contribution in [1.29, 1.82) is 0 Å². The van der Waals surface area contributed by atoms with Gasteiger partial charge in [-0.3, -0.25) is 0 Å². The first-order valence-electron chi connectivity index (χ1n) is 7.06. The van der Waals surface area contributed by atoms with Crippen LogP contribution in [0.15, 0.2) is 36.9 Å². The number of hydrogen-bond acceptors (Lipinski definition) is 1. The van der Waals surface area contributed by atoms with Crippen LogP contribution in [0.1, 0.15) is 43.9 Å². The Morgan fingerprint density at radius 1 is 1.16 bits per heavy atom. The summed E-state index contributed by atoms with van der Waals surface area (Å²) in [6, 6.07) is 6.95. The number of hydrogen-bond donors (Lipinski definition) is 0. The molecular weight excluding hydrogens is 230 g/mol. The van der Waals surface area contributed by atoms with Gasteiger partial charge in [-0.15, -0.1) is 0 Å². The van der Waals surface area contributed by atoms with Crippen molar-refractivity contribution >= 4 is 5.70 Å². The summed E-state index contributed by atoms with van der Waals surface area (Å²) in [6.45, 7) is 20.2. The third kappa shape index (κ3) is 3.99. The molecule has 0 N–H and O–H groups in total. The Labute approximate surface area is 118 Å². The van der Waals surface area contributed by atoms with Gasteiger partial charge in [-0.05, 0) is 51.8 Å². The normalized spacial score (nSPS) is 12.1. The predicted octanol–water partition coefficient (Wildman–Crippen LogP) is 4.95. The van der Waals surface area contributed by atoms with Gasteiger partial charge in [0.25, 0.3) is 0 Å². The van der Waals surface area contributed by atoms with E-state index in [1.807, 2.05) is 0 Å². The molecule has 19 heavy (non-hydrogen) atoms. The summed E-state index contributed by atoms with van der Waals surface area (Å²) in [6.07, 6.45) is 1.11. The van der Waals surface area contributed by atoms with Crippen molar-refractivity contribution in [3.05, 3.63) is 53.6 Å². The monoisotopic (exact) mass is 257 g/mol. The first kappa shape index (κ1) is 15.6. The Morgan fingerprint density at radius 2 is 1.68 bits per heavy atom. The molecule has 1 unspecified atom stereocenters. The summed E-state index contributed by atoms with van der Waals surface area (Å²) in [5.41, 5.74) is 6.08. The average Bonchev–Trinajstić information content (AvgIpc) is 2.33. The van der Waals surface area contributed by atoms with Crippen LogP contribution in [0.2, 0.25) is 0 Å². The van der Waals surface area contributed by atoms with Gasteiger partial charge in [0, 0.05) is 18.3 Å². The Morgan fingerprint density at radius 3 is 2.11 bits per heavy atom. The molecule has 0 aromatic heterocycles. The van der Waals surface area contributed by atoms with Gasteiger partial charge >= 0.3 is 0 Å². The molecule has 0 spiro atoms. The molecule has 1 aromatic carbocycles. The fourth-order valence-electron chi connectivity index (χ4n) is 2.38. The van der Waals surface area contributed by atoms with Gasteiger partial charge in [0.1, 0.15) is 0 Å². The zero-order chi connectivity index (χ0) is 14.6. The van der Waals surface area contributed by atoms with Crippen molar-refractivity contribution in [3.8, 4) is 0 Å². The van der Waals surface area contributed by atoms with Crippen LogP contribution in [-0.4, -0.2) is 17.5 Å². The maximum absolute atomic E-state index is 4.31. The lowest BCUT2D eigenvalue weighted by Crippen LogP contribution is -2.32. The van der Waals surface area contributed by atoms with E-state index in [2.05, 4.69) is 70.9 Å². The van der Waals surface area contributed by atoms with E-state index in [1.165, 1.54) is 22.3 Å². The van der Waals surface area contributed by atoms with Crippen molar-refractivity contribution in [2.24, 2.45) is 0 Å². The molecule has 0 bridgehead atoms. The van der Waals surface area contributed by atoms with E-state index in [4.69, 9.17) is 0 Å². The molecule has 0 saturated heterocycles. The molecule has 1 aromatic rings. The smallest absolute Gasteiger partial charge is 0.0468 e. The topological polar surface area (TPSA) is 3.24 Å². The van der Waals surface area contributed by atoms with E-state index in [-0.39, 0.29) is 0 Å². The van der Waals surface area contributed by atoms with Gasteiger partial charge in [-0.1, -0.05) is 42.8 Å². The third-order valence-corrected chi connectivity index (χ3v) is 3.55. The van der Waals surface area contributed by atoms with Crippen LogP contribution in [0, 0.1) is 13.8 Å². The van der Waals surface area contributed by atoms with Gasteiger partial charge < -0.3 is 4.90 Å². The highest BCUT2D eigenvalue weighted by Crippen LogP contribution is 2.24. The fourth-order valence-corrected chi connectivity index (χ4v) is 2.38. The van der Waals surface area contributed by atoms with Gasteiger partial charge in [-0.25, -0.2) is 0 Å². The molecule has 0 saturated carbocycles. The van der Waals surface area contributed by atoms with Crippen LogP contribution < -0.4 is 0 Å². The highest BCUT2D eigenvalue weighted by molar-refractivity contribution is 5.64. The Balaban J connectivity index is 3.08. The second-order valence-electron chi connectivity index (χ2n) is 5.54. The van der Waals surface area contributed by atoms with Gasteiger partial charge in [-0.2, -0.15) is 0 Å². The Hall–Kier alpha value is -1.50. The van der Waals surface area contributed by atoms with Gasteiger partial charge in [0.15, 0.2) is 0 Å². The highest BCUT2D eigenvalue weighted by atomic mass is 15.2. The molecule has 0 aliphatic carbocycles. The van der Waals surface area contributed by atoms with Crippen molar-refractivity contribution in [2.45, 2.75) is 47.1 Å². The first-order valence-corrected chi connectivity index (χ1v) is 7.06. The van der Waals surface area contributed by atoms with Crippen molar-refractivity contribution in [1.82, 2.24) is 4.90 Å². The molecule has 0 radical (unpaired) electrons. The zero-order valence-electron chi connectivity index (χ0n) is 13.1. The zero-order valence-corrected chi connectivity index (χ0v) is 13.1. The summed E-state index contributed by atoms with van der Waals surface area (Å²) in [5, 5.41) is 0. The van der Waals surface area contributed by atoms with E-state index >= 15 is 0 Å². The Bertz CT molecular complexity index is 450. The number of benzene rings is 1. The largest absolute Gasteiger partial charge is 0.365 e. The number of nitrogens with zero attached hydrogens (tertiary/aromatic N) is 1. The standard InChI is InChI=1S/C18H27N/c1-8-9-19(16(6)13(2)3)17(7)18-11-14(4)10-15(5)12-18/h10-12,16H,2,7-9H2,1,3-6H3. The predicted molar refractivity (Wildman–Crippen MR) is 86.2 cm³/mol. The fraction of sp³-hybridized carbons (Fsp3) is 0.444. The summed E-state index contributed by atoms with van der Waals surface area (Å²) >= 11 is 0. The minimum absolute atomic E-state index is 0.327. The van der Waals surface area contributed by atoms with E-state index in [1.54, 1.807) is 0 Å². The molecule has 1 atom stereocenters. The molecule has 0 heterocycles. The lowest BCUT2D eigenvalue weighted by atomic mass is 10.0. The summed E-state index contributed by atoms with van der Waals surface area (Å²) in [5.74, 6) is 0. The molecule has 1 rings (SSSR count). The maximum Gasteiger partial charge on any atom is 0.0468 e. The van der Waals surface area contributed by atoms with Crippen molar-refractivity contribution < 1.29 is 0 Å². The number of aryl methyl sites for hydroxylation is 2. The van der Waals surface area contributed by atoms with E-state index in [0.717, 1.165) is 18.7 Å². The minimum atomic E-state index is 0.327. The van der Waals surface area contributed by atoms with Crippen molar-refractivity contribution in [3.63, 3.8) is 0 Å². The van der Waals surface area contributed by atoms with Gasteiger partial charge in [0.2, 0.25) is 0 Å². The first-order chi connectivity index (χ1) is 8.86. The van der Waals surface area contributed by atoms with Crippen LogP contribution in [0.3, 0.4) is 0 Å². The molecule has 1 heteroatoms. The van der Waals surface area contributed by atoms with Crippen LogP contribution >= 0.6 is 0 Å². The summed E-state index contributed by atoms with van der Waals surface area (Å²) < 4.78 is 0. The average molecular weight is 257 g/mol. The van der Waals surface area contributed by atoms with E-state index in [0.29, 0.717) is 6.04 Å². The second-order valence-corrected chi connectivity index (χ2v) is 5.54.